The van der Waals surface area contributed by atoms with Gasteiger partial charge in [-0.15, -0.1) is 0 Å². The number of nitrogens with one attached hydrogen (secondary N) is 1. The topological polar surface area (TPSA) is 51.2 Å². The summed E-state index contributed by atoms with van der Waals surface area (Å²) < 4.78 is 5.22. The molecule has 0 fully saturated rings. The average molecular weight is 332 g/mol. The highest BCUT2D eigenvalue weighted by molar-refractivity contribution is 6.05. The van der Waals surface area contributed by atoms with E-state index in [1.54, 1.807) is 21.1 Å². The van der Waals surface area contributed by atoms with Crippen LogP contribution in [0.15, 0.2) is 60.7 Å². The molecule has 126 valence electrons. The zero-order valence-electron chi connectivity index (χ0n) is 14.5. The van der Waals surface area contributed by atoms with Crippen LogP contribution in [-0.4, -0.2) is 24.9 Å². The monoisotopic (exact) mass is 332 g/mol. The summed E-state index contributed by atoms with van der Waals surface area (Å²) in [6.07, 6.45) is 0. The maximum atomic E-state index is 12.3. The SMILES string of the molecule is CNc1nc(-c2ccc(OC)cc2)cc(-c2ccccc2)c1C(C)=O. The fourth-order valence-electron chi connectivity index (χ4n) is 2.84. The molecule has 3 aromatic rings. The predicted octanol–water partition coefficient (Wildman–Crippen LogP) is 4.67. The number of benzene rings is 2. The third-order valence-corrected chi connectivity index (χ3v) is 4.08. The molecule has 0 aliphatic carbocycles. The first-order valence-corrected chi connectivity index (χ1v) is 8.07. The Morgan fingerprint density at radius 1 is 1.00 bits per heavy atom. The van der Waals surface area contributed by atoms with E-state index in [2.05, 4.69) is 10.3 Å². The van der Waals surface area contributed by atoms with Crippen LogP contribution in [0.25, 0.3) is 22.4 Å². The van der Waals surface area contributed by atoms with E-state index in [1.165, 1.54) is 0 Å². The van der Waals surface area contributed by atoms with E-state index in [4.69, 9.17) is 4.74 Å². The highest BCUT2D eigenvalue weighted by Gasteiger charge is 2.17. The molecule has 0 amide bonds. The molecule has 1 aromatic heterocycles. The third kappa shape index (κ3) is 3.38. The second-order valence-electron chi connectivity index (χ2n) is 5.68. The van der Waals surface area contributed by atoms with Gasteiger partial charge in [-0.2, -0.15) is 0 Å². The first kappa shape index (κ1) is 16.7. The number of methoxy groups -OCH3 is 1. The molecule has 1 heterocycles. The summed E-state index contributed by atoms with van der Waals surface area (Å²) in [5.74, 6) is 1.36. The van der Waals surface area contributed by atoms with Crippen LogP contribution in [0.2, 0.25) is 0 Å². The molecule has 4 nitrogen and oxygen atoms in total. The molecule has 0 spiro atoms. The van der Waals surface area contributed by atoms with Gasteiger partial charge in [-0.05, 0) is 48.4 Å². The van der Waals surface area contributed by atoms with Gasteiger partial charge in [0.25, 0.3) is 0 Å². The van der Waals surface area contributed by atoms with Crippen LogP contribution in [0.1, 0.15) is 17.3 Å². The summed E-state index contributed by atoms with van der Waals surface area (Å²) in [7, 11) is 3.42. The minimum absolute atomic E-state index is 0.0167. The largest absolute Gasteiger partial charge is 0.497 e. The molecule has 0 atom stereocenters. The minimum atomic E-state index is -0.0167. The van der Waals surface area contributed by atoms with E-state index >= 15 is 0 Å². The van der Waals surface area contributed by atoms with Crippen molar-refractivity contribution < 1.29 is 9.53 Å². The average Bonchev–Trinajstić information content (AvgIpc) is 2.67. The number of anilines is 1. The standard InChI is InChI=1S/C21H20N2O2/c1-14(24)20-18(15-7-5-4-6-8-15)13-19(23-21(20)22-2)16-9-11-17(25-3)12-10-16/h4-13H,1-3H3,(H,22,23). The second kappa shape index (κ2) is 7.18. The first-order valence-electron chi connectivity index (χ1n) is 8.07. The number of carbonyl (C=O) groups is 1. The number of hydrogen-bond donors (Lipinski definition) is 1. The number of ether oxygens (including phenoxy) is 1. The molecule has 0 aliphatic heterocycles. The maximum absolute atomic E-state index is 12.3. The molecule has 3 rings (SSSR count). The van der Waals surface area contributed by atoms with Gasteiger partial charge in [-0.1, -0.05) is 30.3 Å². The second-order valence-corrected chi connectivity index (χ2v) is 5.68. The van der Waals surface area contributed by atoms with Crippen LogP contribution in [0.5, 0.6) is 5.75 Å². The van der Waals surface area contributed by atoms with Gasteiger partial charge in [0.15, 0.2) is 5.78 Å². The number of hydrogen-bond acceptors (Lipinski definition) is 4. The molecule has 0 aliphatic rings. The predicted molar refractivity (Wildman–Crippen MR) is 101 cm³/mol. The number of carbonyl (C=O) groups excluding carboxylic acids is 1. The Labute approximate surface area is 147 Å². The zero-order chi connectivity index (χ0) is 17.8. The smallest absolute Gasteiger partial charge is 0.164 e. The van der Waals surface area contributed by atoms with Crippen LogP contribution in [0.3, 0.4) is 0 Å². The molecule has 0 saturated heterocycles. The molecule has 4 heteroatoms. The molecule has 0 radical (unpaired) electrons. The maximum Gasteiger partial charge on any atom is 0.164 e. The summed E-state index contributed by atoms with van der Waals surface area (Å²) >= 11 is 0. The lowest BCUT2D eigenvalue weighted by Gasteiger charge is -2.15. The van der Waals surface area contributed by atoms with Crippen molar-refractivity contribution in [2.75, 3.05) is 19.5 Å². The number of ketones is 1. The van der Waals surface area contributed by atoms with Gasteiger partial charge in [0.05, 0.1) is 18.4 Å². The number of pyridine rings is 1. The molecule has 0 bridgehead atoms. The fraction of sp³-hybridized carbons (Fsp3) is 0.143. The van der Waals surface area contributed by atoms with Crippen molar-refractivity contribution >= 4 is 11.6 Å². The summed E-state index contributed by atoms with van der Waals surface area (Å²) in [5.41, 5.74) is 4.23. The van der Waals surface area contributed by atoms with E-state index < -0.39 is 0 Å². The van der Waals surface area contributed by atoms with Crippen molar-refractivity contribution in [3.63, 3.8) is 0 Å². The highest BCUT2D eigenvalue weighted by Crippen LogP contribution is 2.33. The first-order chi connectivity index (χ1) is 12.1. The number of Topliss-reactive ketones (excluding diaryl/α,β-unsaturated/α-hetero) is 1. The molecule has 1 N–H and O–H groups in total. The Hall–Kier alpha value is -3.14. The van der Waals surface area contributed by atoms with Gasteiger partial charge in [-0.3, -0.25) is 4.79 Å². The molecule has 0 saturated carbocycles. The lowest BCUT2D eigenvalue weighted by atomic mass is 9.96. The Bertz CT molecular complexity index is 888. The van der Waals surface area contributed by atoms with Crippen molar-refractivity contribution in [2.45, 2.75) is 6.92 Å². The van der Waals surface area contributed by atoms with Gasteiger partial charge in [0, 0.05) is 12.6 Å². The summed E-state index contributed by atoms with van der Waals surface area (Å²) in [6, 6.07) is 19.6. The Balaban J connectivity index is 2.22. The third-order valence-electron chi connectivity index (χ3n) is 4.08. The molecule has 0 unspecified atom stereocenters. The number of nitrogens with zero attached hydrogens (tertiary/aromatic N) is 1. The zero-order valence-corrected chi connectivity index (χ0v) is 14.5. The lowest BCUT2D eigenvalue weighted by molar-refractivity contribution is 0.101. The van der Waals surface area contributed by atoms with Crippen LogP contribution < -0.4 is 10.1 Å². The van der Waals surface area contributed by atoms with Crippen LogP contribution >= 0.6 is 0 Å². The van der Waals surface area contributed by atoms with Crippen molar-refractivity contribution in [2.24, 2.45) is 0 Å². The van der Waals surface area contributed by atoms with Gasteiger partial charge in [0.2, 0.25) is 0 Å². The van der Waals surface area contributed by atoms with Crippen LogP contribution in [-0.2, 0) is 0 Å². The lowest BCUT2D eigenvalue weighted by Crippen LogP contribution is -2.06. The quantitative estimate of drug-likeness (QED) is 0.690. The Kier molecular flexibility index (Phi) is 4.80. The minimum Gasteiger partial charge on any atom is -0.497 e. The van der Waals surface area contributed by atoms with E-state index in [9.17, 15) is 4.79 Å². The normalized spacial score (nSPS) is 10.4. The Morgan fingerprint density at radius 3 is 2.24 bits per heavy atom. The van der Waals surface area contributed by atoms with E-state index in [-0.39, 0.29) is 5.78 Å². The fourth-order valence-corrected chi connectivity index (χ4v) is 2.84. The summed E-state index contributed by atoms with van der Waals surface area (Å²) in [4.78, 5) is 16.9. The van der Waals surface area contributed by atoms with Crippen molar-refractivity contribution in [1.29, 1.82) is 0 Å². The summed E-state index contributed by atoms with van der Waals surface area (Å²) in [5, 5.41) is 3.06. The molecule has 2 aromatic carbocycles. The van der Waals surface area contributed by atoms with Crippen molar-refractivity contribution in [1.82, 2.24) is 4.98 Å². The van der Waals surface area contributed by atoms with Gasteiger partial charge in [-0.25, -0.2) is 4.98 Å². The van der Waals surface area contributed by atoms with Gasteiger partial charge < -0.3 is 10.1 Å². The van der Waals surface area contributed by atoms with Gasteiger partial charge >= 0.3 is 0 Å². The summed E-state index contributed by atoms with van der Waals surface area (Å²) in [6.45, 7) is 1.57. The van der Waals surface area contributed by atoms with Crippen LogP contribution in [0, 0.1) is 0 Å². The number of aromatic nitrogens is 1. The molecular weight excluding hydrogens is 312 g/mol. The van der Waals surface area contributed by atoms with E-state index in [1.807, 2.05) is 60.7 Å². The molecular formula is C21H20N2O2. The molecule has 25 heavy (non-hydrogen) atoms. The van der Waals surface area contributed by atoms with Crippen molar-refractivity contribution in [3.05, 3.63) is 66.2 Å². The Morgan fingerprint density at radius 2 is 1.68 bits per heavy atom. The highest BCUT2D eigenvalue weighted by atomic mass is 16.5. The van der Waals surface area contributed by atoms with Crippen LogP contribution in [0.4, 0.5) is 5.82 Å². The van der Waals surface area contributed by atoms with Gasteiger partial charge in [0.1, 0.15) is 11.6 Å². The van der Waals surface area contributed by atoms with E-state index in [0.29, 0.717) is 11.4 Å². The number of rotatable bonds is 5. The van der Waals surface area contributed by atoms with Crippen molar-refractivity contribution in [3.8, 4) is 28.1 Å². The van der Waals surface area contributed by atoms with E-state index in [0.717, 1.165) is 28.1 Å².